The largest absolute Gasteiger partial charge is 0.348 e. The molecule has 0 bridgehead atoms. The maximum Gasteiger partial charge on any atom is 0.290 e. The maximum absolute atomic E-state index is 14.6. The predicted molar refractivity (Wildman–Crippen MR) is 611 cm³/mol. The number of aromatic nitrogens is 3. The van der Waals surface area contributed by atoms with E-state index in [1.807, 2.05) is 31.2 Å². The summed E-state index contributed by atoms with van der Waals surface area (Å²) in [5.41, 5.74) is 2.26. The molecule has 24 nitrogen and oxygen atoms in total. The number of unbranched alkanes of at least 4 members (excludes halogenated alkanes) is 7. The van der Waals surface area contributed by atoms with Gasteiger partial charge in [0.15, 0.2) is 15.4 Å². The van der Waals surface area contributed by atoms with Gasteiger partial charge in [-0.05, 0) is 173 Å². The second-order valence-corrected chi connectivity index (χ2v) is 48.6. The Morgan fingerprint density at radius 2 is 0.689 bits per heavy atom. The van der Waals surface area contributed by atoms with Gasteiger partial charge in [-0.15, -0.1) is 0 Å². The molecule has 1 aromatic carbocycles. The van der Waals surface area contributed by atoms with Crippen molar-refractivity contribution in [2.45, 2.75) is 428 Å². The number of carbonyl (C=O) groups is 9. The Balaban J connectivity index is 0.000000339. The molecule has 3 aliphatic heterocycles. The van der Waals surface area contributed by atoms with Crippen LogP contribution in [0.25, 0.3) is 18.2 Å². The second-order valence-electron chi connectivity index (χ2n) is 45.5. The summed E-state index contributed by atoms with van der Waals surface area (Å²) >= 11 is 4.83. The van der Waals surface area contributed by atoms with Crippen LogP contribution in [0, 0.1) is 80.3 Å². The van der Waals surface area contributed by atoms with Crippen molar-refractivity contribution in [2.75, 3.05) is 75.1 Å². The van der Waals surface area contributed by atoms with Crippen LogP contribution in [0.15, 0.2) is 80.5 Å². The monoisotopic (exact) mass is 2090 g/mol. The molecule has 6 heterocycles. The number of carbonyl (C=O) groups excluding carboxylic acids is 9. The summed E-state index contributed by atoms with van der Waals surface area (Å²) in [4.78, 5) is 150. The molecule has 6 unspecified atom stereocenters. The van der Waals surface area contributed by atoms with Crippen molar-refractivity contribution in [1.82, 2.24) is 45.0 Å². The van der Waals surface area contributed by atoms with Gasteiger partial charge < -0.3 is 14.7 Å². The van der Waals surface area contributed by atoms with Gasteiger partial charge in [-0.3, -0.25) is 43.2 Å². The molecule has 1 saturated carbocycles. The topological polar surface area (TPSA) is 293 Å². The minimum Gasteiger partial charge on any atom is -0.348 e. The lowest BCUT2D eigenvalue weighted by Gasteiger charge is -2.36. The summed E-state index contributed by atoms with van der Waals surface area (Å²) in [6.45, 7) is 63.9. The van der Waals surface area contributed by atoms with Gasteiger partial charge >= 0.3 is 0 Å². The molecule has 1 aliphatic carbocycles. The van der Waals surface area contributed by atoms with Gasteiger partial charge in [0.05, 0.1) is 31.7 Å². The molecule has 9 amide bonds. The Bertz CT molecular complexity index is 5370. The molecular formula is C121H187N15O9S3. The van der Waals surface area contributed by atoms with Crippen LogP contribution in [0.3, 0.4) is 0 Å². The van der Waals surface area contributed by atoms with Crippen molar-refractivity contribution >= 4 is 121 Å². The third kappa shape index (κ3) is 33.1. The van der Waals surface area contributed by atoms with E-state index >= 15 is 0 Å². The summed E-state index contributed by atoms with van der Waals surface area (Å²) in [5.74, 6) is -2.08. The number of hydrogen-bond acceptors (Lipinski definition) is 21. The third-order valence-electron chi connectivity index (χ3n) is 31.1. The first kappa shape index (κ1) is 127. The fourth-order valence-electron chi connectivity index (χ4n) is 20.0. The Hall–Kier alpha value is -9.75. The zero-order valence-electron chi connectivity index (χ0n) is 97.0. The lowest BCUT2D eigenvalue weighted by Crippen LogP contribution is -2.56. The maximum atomic E-state index is 14.6. The van der Waals surface area contributed by atoms with Crippen molar-refractivity contribution in [2.24, 2.45) is 46.3 Å². The lowest BCUT2D eigenvalue weighted by molar-refractivity contribution is -0.171. The second kappa shape index (κ2) is 59.9. The summed E-state index contributed by atoms with van der Waals surface area (Å²) in [5, 5.41) is 39.1. The van der Waals surface area contributed by atoms with Crippen molar-refractivity contribution in [3.63, 3.8) is 0 Å². The highest BCUT2D eigenvalue weighted by atomic mass is 32.1. The van der Waals surface area contributed by atoms with Crippen LogP contribution < -0.4 is 14.7 Å². The van der Waals surface area contributed by atoms with E-state index in [9.17, 15) is 58.9 Å². The summed E-state index contributed by atoms with van der Waals surface area (Å²) in [6.07, 6.45) is 42.8. The van der Waals surface area contributed by atoms with Crippen LogP contribution >= 0.6 is 34.0 Å². The molecule has 0 N–H and O–H groups in total. The molecule has 0 spiro atoms. The number of rotatable bonds is 54. The van der Waals surface area contributed by atoms with E-state index in [4.69, 9.17) is 15.0 Å². The summed E-state index contributed by atoms with van der Waals surface area (Å²) in [7, 11) is 4.25. The molecule has 4 aromatic rings. The van der Waals surface area contributed by atoms with E-state index < -0.39 is 64.0 Å². The van der Waals surface area contributed by atoms with E-state index in [0.29, 0.717) is 70.6 Å². The fourth-order valence-corrected chi connectivity index (χ4v) is 23.6. The quantitative estimate of drug-likeness (QED) is 0.0293. The number of anilines is 3. The summed E-state index contributed by atoms with van der Waals surface area (Å²) in [6, 6.07) is 14.7. The van der Waals surface area contributed by atoms with Crippen molar-refractivity contribution < 1.29 is 43.2 Å². The molecule has 818 valence electrons. The number of nitriles is 3. The van der Waals surface area contributed by atoms with Gasteiger partial charge in [-0.2, -0.15) is 30.8 Å². The zero-order valence-corrected chi connectivity index (χ0v) is 99.4. The number of amides is 9. The molecule has 1 fully saturated rings. The highest BCUT2D eigenvalue weighted by Gasteiger charge is 2.48. The van der Waals surface area contributed by atoms with Gasteiger partial charge in [-0.1, -0.05) is 373 Å². The first-order chi connectivity index (χ1) is 70.1. The van der Waals surface area contributed by atoms with Crippen LogP contribution in [-0.4, -0.2) is 159 Å². The van der Waals surface area contributed by atoms with Crippen LogP contribution in [0.1, 0.15) is 454 Å². The smallest absolute Gasteiger partial charge is 0.290 e. The predicted octanol–water partition coefficient (Wildman–Crippen LogP) is 29.2. The van der Waals surface area contributed by atoms with Crippen LogP contribution in [0.2, 0.25) is 0 Å². The molecule has 0 radical (unpaired) electrons. The molecule has 0 saturated heterocycles. The van der Waals surface area contributed by atoms with Crippen molar-refractivity contribution in [3.05, 3.63) is 118 Å². The molecule has 148 heavy (non-hydrogen) atoms. The Morgan fingerprint density at radius 1 is 0.399 bits per heavy atom. The molecule has 6 atom stereocenters. The minimum absolute atomic E-state index is 0.0990. The first-order valence-corrected chi connectivity index (χ1v) is 58.9. The van der Waals surface area contributed by atoms with Crippen LogP contribution in [-0.2, 0) is 54.6 Å². The summed E-state index contributed by atoms with van der Waals surface area (Å²) < 4.78 is 0. The lowest BCUT2D eigenvalue weighted by atomic mass is 9.73. The number of hydrazine groups is 3. The minimum atomic E-state index is -0.836. The van der Waals surface area contributed by atoms with Crippen molar-refractivity contribution in [1.29, 1.82) is 15.8 Å². The SMILES string of the molecule is CCCCC(CC)CN(CC(CC)CCCC)c1nc(C(C)(C)CC)c(/C=C2\C(=O)N(N(C)C(=O)C(C)(C)C)C(=O)C(C#N)=C2C)s1.CCCCC(CC)CN(CC(CC)CCCC)c1nc(C2(C)CCCCC2)c(/C=C2\C(=O)N(N(C)C(=O)C(C)(C)C)C(=O)C(C#N)=C2C)s1.CCCCC1=C(C#N)C(=O)N(N(C)C(=O)c2ccccc2)C(=O)/C1=C\c1sc(N(CC(CC)CCCC)CC(CC)CCCC)nc1C(C)(C)CC. The number of nitrogens with zero attached hydrogens (tertiary/aromatic N) is 15. The number of hydrogen-bond donors (Lipinski definition) is 0. The molecular weight excluding hydrogens is 1900 g/mol. The van der Waals surface area contributed by atoms with Crippen LogP contribution in [0.5, 0.6) is 0 Å². The number of thiazole rings is 3. The molecule has 27 heteroatoms. The van der Waals surface area contributed by atoms with E-state index in [1.54, 1.807) is 126 Å². The highest BCUT2D eigenvalue weighted by Crippen LogP contribution is 2.48. The normalized spacial score (nSPS) is 17.0. The Labute approximate surface area is 904 Å². The first-order valence-electron chi connectivity index (χ1n) is 56.5. The van der Waals surface area contributed by atoms with E-state index in [0.717, 1.165) is 200 Å². The van der Waals surface area contributed by atoms with Gasteiger partial charge in [0.2, 0.25) is 11.8 Å². The van der Waals surface area contributed by atoms with Gasteiger partial charge in [-0.25, -0.2) is 30.0 Å². The standard InChI is InChI=1S/C43H63N5O3S.C40H63N5O3S.C38H61N5O3S/c1-10-16-22-31(13-4)29-47(30-32(14-5)23-17-11-2)42-45-38(43(7,8)15-6)37(52-42)27-35-34(26-18-12-3)36(28-44)41(51)48(40(35)50)46(9)39(49)33-24-20-19-21-25-33;1-11-15-20-29(13-3)26-44(27-30(14-4)21-16-12-2)38-42-34(40(9)22-18-17-19-23-40)33(49-38)24-31-28(5)32(25-41)36(47)45(35(31)46)43(10)37(48)39(6,7)8;1-13-18-20-27(15-3)24-42(25-28(16-4)21-19-14-2)36-40-32(38(10,11)17-5)31(47-36)22-29-26(6)30(23-39)34(45)43(33(29)44)41(12)35(46)37(7,8)9/h19-21,24-25,27,31-32H,10-18,22-23,26,29-30H2,1-9H3;24,29-30H,11-23,26-27H2,1-10H3;22,27-28H,13-21,24-25H2,1-12H3/b35-27-;31-24-;29-22-. The molecule has 3 aromatic heterocycles. The van der Waals surface area contributed by atoms with Crippen molar-refractivity contribution in [3.8, 4) is 18.2 Å². The zero-order chi connectivity index (χ0) is 111. The van der Waals surface area contributed by atoms with E-state index in [-0.39, 0.29) is 49.7 Å². The Morgan fingerprint density at radius 3 is 0.993 bits per heavy atom. The average Bonchev–Trinajstić information content (AvgIpc) is 1.38. The van der Waals surface area contributed by atoms with E-state index in [2.05, 4.69) is 152 Å². The van der Waals surface area contributed by atoms with Gasteiger partial charge in [0, 0.05) is 110 Å². The average molecular weight is 2090 g/mol. The fraction of sp³-hybridized carbons (Fsp3) is 0.678. The highest BCUT2D eigenvalue weighted by molar-refractivity contribution is 7.17. The van der Waals surface area contributed by atoms with E-state index in [1.165, 1.54) is 143 Å². The number of benzene rings is 1. The number of imide groups is 3. The third-order valence-corrected chi connectivity index (χ3v) is 34.3. The molecule has 8 rings (SSSR count). The van der Waals surface area contributed by atoms with Crippen LogP contribution in [0.4, 0.5) is 15.4 Å². The Kier molecular flexibility index (Phi) is 51.4. The van der Waals surface area contributed by atoms with Gasteiger partial charge in [0.25, 0.3) is 41.4 Å². The van der Waals surface area contributed by atoms with Gasteiger partial charge in [0.1, 0.15) is 34.9 Å². The molecule has 4 aliphatic rings.